The molecule has 0 amide bonds. The van der Waals surface area contributed by atoms with Gasteiger partial charge in [0.05, 0.1) is 32.9 Å². The first-order chi connectivity index (χ1) is 47.6. The third kappa shape index (κ3) is 6.41. The fourth-order valence-electron chi connectivity index (χ4n) is 18.3. The molecule has 0 radical (unpaired) electrons. The van der Waals surface area contributed by atoms with E-state index in [9.17, 15) is 0 Å². The molecule has 6 nitrogen and oxygen atoms in total. The molecule has 4 aromatic heterocycles. The van der Waals surface area contributed by atoms with Crippen LogP contribution in [0.1, 0.15) is 44.5 Å². The molecule has 1 atom stereocenters. The lowest BCUT2D eigenvalue weighted by Crippen LogP contribution is -2.25. The number of para-hydroxylation sites is 2. The van der Waals surface area contributed by atoms with Gasteiger partial charge in [-0.15, -0.1) is 0 Å². The molecule has 0 fully saturated rings. The molecule has 1 unspecified atom stereocenters. The summed E-state index contributed by atoms with van der Waals surface area (Å²) < 4.78 is 4.56. The highest BCUT2D eigenvalue weighted by Crippen LogP contribution is 2.67. The molecule has 4 heterocycles. The number of aromatic nitrogens is 5. The van der Waals surface area contributed by atoms with Crippen LogP contribution in [0, 0.1) is 0 Å². The van der Waals surface area contributed by atoms with Crippen LogP contribution in [0.3, 0.4) is 0 Å². The van der Waals surface area contributed by atoms with Crippen LogP contribution in [0.25, 0.3) is 155 Å². The maximum atomic E-state index is 16.4. The maximum absolute atomic E-state index is 16.4. The first kappa shape index (κ1) is 51.9. The van der Waals surface area contributed by atoms with Gasteiger partial charge in [0.1, 0.15) is 0 Å². The number of rotatable bonds is 5. The van der Waals surface area contributed by atoms with E-state index >= 15 is 4.79 Å². The Balaban J connectivity index is 0.755. The molecule has 96 heavy (non-hydrogen) atoms. The lowest BCUT2D eigenvalue weighted by atomic mass is 9.70. The first-order valence-corrected chi connectivity index (χ1v) is 33.0. The van der Waals surface area contributed by atoms with Gasteiger partial charge in [-0.25, -0.2) is 15.0 Å². The van der Waals surface area contributed by atoms with Gasteiger partial charge >= 0.3 is 0 Å². The van der Waals surface area contributed by atoms with Gasteiger partial charge in [-0.3, -0.25) is 9.20 Å². The third-order valence-corrected chi connectivity index (χ3v) is 21.9. The molecule has 0 bridgehead atoms. The third-order valence-electron chi connectivity index (χ3n) is 21.9. The van der Waals surface area contributed by atoms with Crippen molar-refractivity contribution >= 4 is 59.8 Å². The minimum atomic E-state index is -0.690. The molecule has 6 heteroatoms. The molecule has 4 aliphatic rings. The van der Waals surface area contributed by atoms with Crippen molar-refractivity contribution in [1.29, 1.82) is 0 Å². The normalized spacial score (nSPS) is 14.8. The van der Waals surface area contributed by atoms with Crippen LogP contribution in [-0.2, 0) is 10.8 Å². The molecule has 0 saturated heterocycles. The number of nitrogens with zero attached hydrogens (tertiary/aromatic N) is 5. The Morgan fingerprint density at radius 2 is 0.656 bits per heavy atom. The number of hydrogen-bond acceptors (Lipinski definition) is 4. The highest BCUT2D eigenvalue weighted by molar-refractivity contribution is 6.24. The van der Waals surface area contributed by atoms with Crippen LogP contribution in [0.5, 0.6) is 0 Å². The lowest BCUT2D eigenvalue weighted by molar-refractivity contribution is 0.794. The Labute approximate surface area is 551 Å². The number of benzene rings is 14. The Hall–Kier alpha value is -12.6. The van der Waals surface area contributed by atoms with E-state index in [0.717, 1.165) is 82.7 Å². The highest BCUT2D eigenvalue weighted by atomic mass is 16.1. The summed E-state index contributed by atoms with van der Waals surface area (Å²) in [5.74, 6) is 1.84. The summed E-state index contributed by atoms with van der Waals surface area (Å²) in [6.07, 6.45) is 0. The molecule has 22 rings (SSSR count). The molecule has 442 valence electrons. The fraction of sp³-hybridized carbons (Fsp3) is 0.0222. The zero-order valence-electron chi connectivity index (χ0n) is 51.6. The van der Waals surface area contributed by atoms with Crippen LogP contribution in [0.15, 0.2) is 314 Å². The van der Waals surface area contributed by atoms with Crippen molar-refractivity contribution in [2.75, 3.05) is 0 Å². The topological polar surface area (TPSA) is 65.1 Å². The van der Waals surface area contributed by atoms with Crippen LogP contribution in [0.4, 0.5) is 0 Å². The van der Waals surface area contributed by atoms with Crippen molar-refractivity contribution in [2.24, 2.45) is 0 Å². The molecule has 4 aliphatic carbocycles. The van der Waals surface area contributed by atoms with Gasteiger partial charge in [0.25, 0.3) is 5.56 Å². The van der Waals surface area contributed by atoms with Crippen molar-refractivity contribution < 1.29 is 0 Å². The summed E-state index contributed by atoms with van der Waals surface area (Å²) in [5, 5.41) is 7.22. The van der Waals surface area contributed by atoms with E-state index < -0.39 is 10.8 Å². The van der Waals surface area contributed by atoms with Gasteiger partial charge in [-0.1, -0.05) is 285 Å². The van der Waals surface area contributed by atoms with Crippen LogP contribution < -0.4 is 5.56 Å². The predicted octanol–water partition coefficient (Wildman–Crippen LogP) is 20.8. The molecule has 0 saturated carbocycles. The second-order valence-corrected chi connectivity index (χ2v) is 26.3. The van der Waals surface area contributed by atoms with Gasteiger partial charge in [-0.2, -0.15) is 0 Å². The quantitative estimate of drug-likeness (QED) is 0.161. The minimum absolute atomic E-state index is 0.0141. The minimum Gasteiger partial charge on any atom is -0.309 e. The van der Waals surface area contributed by atoms with Gasteiger partial charge < -0.3 is 4.57 Å². The summed E-state index contributed by atoms with van der Waals surface area (Å²) in [7, 11) is 0. The monoisotopic (exact) mass is 1220 g/mol. The van der Waals surface area contributed by atoms with Gasteiger partial charge in [0, 0.05) is 65.8 Å². The fourth-order valence-corrected chi connectivity index (χ4v) is 18.3. The molecule has 0 N–H and O–H groups in total. The average molecular weight is 1220 g/mol. The van der Waals surface area contributed by atoms with Crippen molar-refractivity contribution in [1.82, 2.24) is 23.9 Å². The second kappa shape index (κ2) is 18.8. The van der Waals surface area contributed by atoms with Crippen molar-refractivity contribution in [3.63, 3.8) is 0 Å². The second-order valence-electron chi connectivity index (χ2n) is 26.3. The van der Waals surface area contributed by atoms with Crippen LogP contribution >= 0.6 is 0 Å². The van der Waals surface area contributed by atoms with E-state index in [1.165, 1.54) is 94.2 Å². The van der Waals surface area contributed by atoms with E-state index in [1.807, 2.05) is 36.4 Å². The Kier molecular flexibility index (Phi) is 10.2. The van der Waals surface area contributed by atoms with Gasteiger partial charge in [-0.05, 0) is 119 Å². The number of hydrogen-bond donors (Lipinski definition) is 0. The Morgan fingerprint density at radius 3 is 1.28 bits per heavy atom. The molecule has 18 aromatic rings. The predicted molar refractivity (Wildman–Crippen MR) is 389 cm³/mol. The maximum Gasteiger partial charge on any atom is 0.263 e. The zero-order chi connectivity index (χ0) is 62.7. The molecule has 0 aliphatic heterocycles. The van der Waals surface area contributed by atoms with Gasteiger partial charge in [0.15, 0.2) is 17.5 Å². The smallest absolute Gasteiger partial charge is 0.263 e. The highest BCUT2D eigenvalue weighted by Gasteiger charge is 2.54. The first-order valence-electron chi connectivity index (χ1n) is 33.0. The number of pyridine rings is 1. The zero-order valence-corrected chi connectivity index (χ0v) is 51.6. The molecule has 2 spiro atoms. The van der Waals surface area contributed by atoms with Gasteiger partial charge in [0.2, 0.25) is 0 Å². The Bertz CT molecular complexity index is 6450. The average Bonchev–Trinajstić information content (AvgIpc) is 1.50. The summed E-state index contributed by atoms with van der Waals surface area (Å²) in [6, 6.07) is 112. The summed E-state index contributed by atoms with van der Waals surface area (Å²) in [6.45, 7) is 0. The summed E-state index contributed by atoms with van der Waals surface area (Å²) in [4.78, 5) is 31.8. The van der Waals surface area contributed by atoms with E-state index in [0.29, 0.717) is 22.9 Å². The number of fused-ring (bicyclic) bond motifs is 30. The van der Waals surface area contributed by atoms with E-state index in [2.05, 4.69) is 282 Å². The van der Waals surface area contributed by atoms with Crippen LogP contribution in [-0.4, -0.2) is 23.9 Å². The molecule has 14 aromatic carbocycles. The van der Waals surface area contributed by atoms with E-state index in [1.54, 1.807) is 0 Å². The SMILES string of the molecule is O=c1c2cc(-c3cccc4c3-c3ccccc3C43c4ccccc4-c4c3ccc3c5ccccc5n(-c5cccc(-c6nc(-c7ccccc7)nc(-c7ccccc7)n6)c5)c43)ccc2c2cccc3c4ccc5c(c4n1c23)-c1ccccc1C51c2ccccc2-c2ccccc21. The van der Waals surface area contributed by atoms with E-state index in [4.69, 9.17) is 15.0 Å². The Morgan fingerprint density at radius 1 is 0.250 bits per heavy atom. The lowest BCUT2D eigenvalue weighted by Gasteiger charge is -2.30. The van der Waals surface area contributed by atoms with E-state index in [-0.39, 0.29) is 5.56 Å². The summed E-state index contributed by atoms with van der Waals surface area (Å²) in [5.41, 5.74) is 28.3. The van der Waals surface area contributed by atoms with Crippen molar-refractivity contribution in [3.8, 4) is 95.5 Å². The summed E-state index contributed by atoms with van der Waals surface area (Å²) >= 11 is 0. The van der Waals surface area contributed by atoms with Crippen molar-refractivity contribution in [2.45, 2.75) is 10.8 Å². The van der Waals surface area contributed by atoms with Crippen molar-refractivity contribution in [3.05, 3.63) is 364 Å². The molecular formula is C90H51N5O. The largest absolute Gasteiger partial charge is 0.309 e. The standard InChI is InChI=1S/C90H51N5O/c96-88-69-51-54(44-45-58(69)62-35-20-36-63-65-47-49-76-81(84(65)95(88)82(62)63)67-32-10-16-40-73(67)89(76)70-37-13-7-28-59(70)60-29-8-14-38-71(60)89)57-34-21-42-75-79(57)66-31-9-15-39-72(66)90(75)74-41-17-11-33-68(74)80-77(90)48-46-64-61-30-12-18-43-78(61)94(83(64)80)56-27-19-26-55(50-56)87-92-85(52-22-3-1-4-23-52)91-86(93-87)53-24-5-2-6-25-53/h1-51H. The molecular weight excluding hydrogens is 1170 g/mol. The van der Waals surface area contributed by atoms with Crippen LogP contribution in [0.2, 0.25) is 0 Å².